The van der Waals surface area contributed by atoms with Crippen LogP contribution in [0, 0.1) is 27.7 Å². The molecule has 0 fully saturated rings. The van der Waals surface area contributed by atoms with Gasteiger partial charge in [-0.25, -0.2) is 0 Å². The number of rotatable bonds is 4. The van der Waals surface area contributed by atoms with Gasteiger partial charge in [0.25, 0.3) is 0 Å². The van der Waals surface area contributed by atoms with Gasteiger partial charge in [0, 0.05) is 11.3 Å². The first kappa shape index (κ1) is 14.3. The van der Waals surface area contributed by atoms with Crippen molar-refractivity contribution >= 4 is 11.5 Å². The highest BCUT2D eigenvalue weighted by atomic mass is 16.1. The van der Waals surface area contributed by atoms with Gasteiger partial charge in [-0.15, -0.1) is 0 Å². The van der Waals surface area contributed by atoms with Crippen molar-refractivity contribution in [3.8, 4) is 0 Å². The normalized spacial score (nSPS) is 10.4. The largest absolute Gasteiger partial charge is 0.377 e. The predicted molar refractivity (Wildman–Crippen MR) is 84.7 cm³/mol. The number of aryl methyl sites for hydroxylation is 3. The molecule has 0 radical (unpaired) electrons. The fraction of sp³-hybridized carbons (Fsp3) is 0.278. The molecule has 2 nitrogen and oxygen atoms in total. The van der Waals surface area contributed by atoms with Crippen LogP contribution in [0.15, 0.2) is 36.4 Å². The van der Waals surface area contributed by atoms with Crippen LogP contribution in [0.1, 0.15) is 32.6 Å². The van der Waals surface area contributed by atoms with Crippen molar-refractivity contribution in [3.63, 3.8) is 0 Å². The second-order valence-corrected chi connectivity index (χ2v) is 5.34. The summed E-state index contributed by atoms with van der Waals surface area (Å²) in [5.41, 5.74) is 6.48. The lowest BCUT2D eigenvalue weighted by molar-refractivity contribution is 0.101. The molecule has 0 amide bonds. The van der Waals surface area contributed by atoms with Crippen LogP contribution < -0.4 is 5.32 Å². The molecule has 0 atom stereocenters. The van der Waals surface area contributed by atoms with Crippen molar-refractivity contribution in [3.05, 3.63) is 64.2 Å². The first-order valence-corrected chi connectivity index (χ1v) is 6.89. The zero-order valence-corrected chi connectivity index (χ0v) is 12.6. The van der Waals surface area contributed by atoms with Crippen molar-refractivity contribution < 1.29 is 4.79 Å². The molecule has 0 aliphatic carbocycles. The average Bonchev–Trinajstić information content (AvgIpc) is 2.40. The summed E-state index contributed by atoms with van der Waals surface area (Å²) in [5.74, 6) is 0.128. The molecule has 2 aromatic rings. The smallest absolute Gasteiger partial charge is 0.182 e. The van der Waals surface area contributed by atoms with E-state index in [0.717, 1.165) is 16.8 Å². The quantitative estimate of drug-likeness (QED) is 0.840. The van der Waals surface area contributed by atoms with Crippen molar-refractivity contribution in [2.45, 2.75) is 27.7 Å². The number of ketones is 1. The monoisotopic (exact) mass is 267 g/mol. The van der Waals surface area contributed by atoms with Crippen LogP contribution in [0.2, 0.25) is 0 Å². The molecule has 2 heteroatoms. The maximum Gasteiger partial charge on any atom is 0.182 e. The van der Waals surface area contributed by atoms with Crippen molar-refractivity contribution in [2.24, 2.45) is 0 Å². The van der Waals surface area contributed by atoms with Gasteiger partial charge in [-0.3, -0.25) is 4.79 Å². The van der Waals surface area contributed by atoms with E-state index in [0.29, 0.717) is 6.54 Å². The molecule has 0 heterocycles. The Morgan fingerprint density at radius 1 is 1.00 bits per heavy atom. The average molecular weight is 267 g/mol. The fourth-order valence-electron chi connectivity index (χ4n) is 2.34. The summed E-state index contributed by atoms with van der Waals surface area (Å²) in [6.07, 6.45) is 0. The van der Waals surface area contributed by atoms with E-state index in [1.807, 2.05) is 44.2 Å². The Labute approximate surface area is 120 Å². The summed E-state index contributed by atoms with van der Waals surface area (Å²) < 4.78 is 0. The van der Waals surface area contributed by atoms with Gasteiger partial charge in [-0.2, -0.15) is 0 Å². The van der Waals surface area contributed by atoms with Crippen LogP contribution in [-0.2, 0) is 0 Å². The van der Waals surface area contributed by atoms with Gasteiger partial charge in [0.2, 0.25) is 0 Å². The van der Waals surface area contributed by atoms with Crippen molar-refractivity contribution in [1.82, 2.24) is 0 Å². The number of anilines is 1. The lowest BCUT2D eigenvalue weighted by Gasteiger charge is -2.12. The Kier molecular flexibility index (Phi) is 4.23. The van der Waals surface area contributed by atoms with Gasteiger partial charge in [0.1, 0.15) is 0 Å². The molecular formula is C18H21NO. The van der Waals surface area contributed by atoms with Gasteiger partial charge in [-0.1, -0.05) is 35.9 Å². The maximum absolute atomic E-state index is 12.3. The lowest BCUT2D eigenvalue weighted by Crippen LogP contribution is -2.15. The topological polar surface area (TPSA) is 29.1 Å². The second kappa shape index (κ2) is 5.91. The van der Waals surface area contributed by atoms with E-state index in [1.165, 1.54) is 16.7 Å². The minimum Gasteiger partial charge on any atom is -0.377 e. The summed E-state index contributed by atoms with van der Waals surface area (Å²) >= 11 is 0. The molecule has 0 aliphatic heterocycles. The SMILES string of the molecule is Cc1ccc(C(=O)CNc2cccc(C)c2C)c(C)c1. The van der Waals surface area contributed by atoms with Gasteiger partial charge < -0.3 is 5.32 Å². The molecule has 2 aromatic carbocycles. The van der Waals surface area contributed by atoms with Gasteiger partial charge >= 0.3 is 0 Å². The number of benzene rings is 2. The number of Topliss-reactive ketones (excluding diaryl/α,β-unsaturated/α-hetero) is 1. The molecular weight excluding hydrogens is 246 g/mol. The van der Waals surface area contributed by atoms with Crippen LogP contribution in [-0.4, -0.2) is 12.3 Å². The number of hydrogen-bond donors (Lipinski definition) is 1. The van der Waals surface area contributed by atoms with E-state index in [9.17, 15) is 4.79 Å². The van der Waals surface area contributed by atoms with Crippen LogP contribution in [0.5, 0.6) is 0 Å². The Balaban J connectivity index is 2.11. The van der Waals surface area contributed by atoms with E-state index in [-0.39, 0.29) is 5.78 Å². The molecule has 0 saturated heterocycles. The summed E-state index contributed by atoms with van der Waals surface area (Å²) in [6.45, 7) is 8.49. The molecule has 0 bridgehead atoms. The van der Waals surface area contributed by atoms with Gasteiger partial charge in [-0.05, 0) is 50.5 Å². The molecule has 0 aromatic heterocycles. The summed E-state index contributed by atoms with van der Waals surface area (Å²) in [5, 5.41) is 3.24. The lowest BCUT2D eigenvalue weighted by atomic mass is 10.0. The van der Waals surface area contributed by atoms with E-state index < -0.39 is 0 Å². The summed E-state index contributed by atoms with van der Waals surface area (Å²) in [7, 11) is 0. The minimum atomic E-state index is 0.128. The Morgan fingerprint density at radius 2 is 1.75 bits per heavy atom. The number of hydrogen-bond acceptors (Lipinski definition) is 2. The third-order valence-corrected chi connectivity index (χ3v) is 3.73. The maximum atomic E-state index is 12.3. The number of nitrogens with one attached hydrogen (secondary N) is 1. The second-order valence-electron chi connectivity index (χ2n) is 5.34. The Hall–Kier alpha value is -2.09. The third kappa shape index (κ3) is 3.08. The zero-order chi connectivity index (χ0) is 14.7. The van der Waals surface area contributed by atoms with E-state index >= 15 is 0 Å². The van der Waals surface area contributed by atoms with Crippen molar-refractivity contribution in [2.75, 3.05) is 11.9 Å². The molecule has 0 saturated carbocycles. The Bertz CT molecular complexity index is 644. The zero-order valence-electron chi connectivity index (χ0n) is 12.6. The highest BCUT2D eigenvalue weighted by Crippen LogP contribution is 2.18. The van der Waals surface area contributed by atoms with E-state index in [1.54, 1.807) is 0 Å². The first-order chi connectivity index (χ1) is 9.49. The molecule has 2 rings (SSSR count). The van der Waals surface area contributed by atoms with Crippen LogP contribution in [0.3, 0.4) is 0 Å². The van der Waals surface area contributed by atoms with E-state index in [4.69, 9.17) is 0 Å². The van der Waals surface area contributed by atoms with Crippen LogP contribution in [0.4, 0.5) is 5.69 Å². The highest BCUT2D eigenvalue weighted by Gasteiger charge is 2.09. The van der Waals surface area contributed by atoms with Gasteiger partial charge in [0.15, 0.2) is 5.78 Å². The predicted octanol–water partition coefficient (Wildman–Crippen LogP) is 4.22. The standard InChI is InChI=1S/C18H21NO/c1-12-8-9-16(14(3)10-12)18(20)11-19-17-7-5-6-13(2)15(17)4/h5-10,19H,11H2,1-4H3. The van der Waals surface area contributed by atoms with Gasteiger partial charge in [0.05, 0.1) is 6.54 Å². The first-order valence-electron chi connectivity index (χ1n) is 6.89. The number of carbonyl (C=O) groups excluding carboxylic acids is 1. The molecule has 1 N–H and O–H groups in total. The van der Waals surface area contributed by atoms with Crippen LogP contribution in [0.25, 0.3) is 0 Å². The summed E-state index contributed by atoms with van der Waals surface area (Å²) in [4.78, 5) is 12.3. The fourth-order valence-corrected chi connectivity index (χ4v) is 2.34. The molecule has 104 valence electrons. The molecule has 20 heavy (non-hydrogen) atoms. The molecule has 0 unspecified atom stereocenters. The summed E-state index contributed by atoms with van der Waals surface area (Å²) in [6, 6.07) is 12.0. The molecule has 0 spiro atoms. The molecule has 0 aliphatic rings. The highest BCUT2D eigenvalue weighted by molar-refractivity contribution is 6.00. The number of carbonyl (C=O) groups is 1. The van der Waals surface area contributed by atoms with E-state index in [2.05, 4.69) is 25.2 Å². The van der Waals surface area contributed by atoms with Crippen molar-refractivity contribution in [1.29, 1.82) is 0 Å². The Morgan fingerprint density at radius 3 is 2.45 bits per heavy atom. The van der Waals surface area contributed by atoms with Crippen LogP contribution >= 0.6 is 0 Å². The minimum absolute atomic E-state index is 0.128. The third-order valence-electron chi connectivity index (χ3n) is 3.73.